The maximum Gasteiger partial charge on any atom is 0.144 e. The average molecular weight is 298 g/mol. The van der Waals surface area contributed by atoms with E-state index in [0.717, 1.165) is 25.7 Å². The van der Waals surface area contributed by atoms with Gasteiger partial charge >= 0.3 is 0 Å². The first kappa shape index (κ1) is 15.5. The van der Waals surface area contributed by atoms with Crippen molar-refractivity contribution in [2.24, 2.45) is 17.1 Å². The molecule has 20 heavy (non-hydrogen) atoms. The summed E-state index contributed by atoms with van der Waals surface area (Å²) in [5.41, 5.74) is 6.13. The van der Waals surface area contributed by atoms with Crippen molar-refractivity contribution in [2.75, 3.05) is 6.54 Å². The van der Waals surface area contributed by atoms with Gasteiger partial charge in [0.1, 0.15) is 11.6 Å². The van der Waals surface area contributed by atoms with Crippen LogP contribution in [0, 0.1) is 17.2 Å². The van der Waals surface area contributed by atoms with Gasteiger partial charge in [0.25, 0.3) is 0 Å². The number of halogens is 2. The first-order valence-corrected chi connectivity index (χ1v) is 7.52. The van der Waals surface area contributed by atoms with Gasteiger partial charge in [0.15, 0.2) is 0 Å². The van der Waals surface area contributed by atoms with Gasteiger partial charge in [-0.2, -0.15) is 0 Å². The summed E-state index contributed by atoms with van der Waals surface area (Å²) < 4.78 is 13.4. The van der Waals surface area contributed by atoms with Crippen molar-refractivity contribution in [3.05, 3.63) is 34.6 Å². The summed E-state index contributed by atoms with van der Waals surface area (Å²) in [6, 6.07) is 4.55. The molecule has 0 atom stereocenters. The maximum atomic E-state index is 13.4. The first-order chi connectivity index (χ1) is 9.47. The molecule has 0 saturated heterocycles. The minimum Gasteiger partial charge on any atom is -0.329 e. The Hall–Kier alpha value is -0.930. The molecule has 4 heteroatoms. The van der Waals surface area contributed by atoms with Crippen LogP contribution in [0.2, 0.25) is 5.02 Å². The lowest BCUT2D eigenvalue weighted by atomic mass is 9.67. The molecule has 1 saturated carbocycles. The highest BCUT2D eigenvalue weighted by atomic mass is 35.5. The van der Waals surface area contributed by atoms with E-state index in [-0.39, 0.29) is 17.2 Å². The van der Waals surface area contributed by atoms with Crippen LogP contribution in [0.1, 0.15) is 38.2 Å². The van der Waals surface area contributed by atoms with E-state index in [4.69, 9.17) is 17.3 Å². The predicted octanol–water partition coefficient (Wildman–Crippen LogP) is 3.75. The molecule has 0 radical (unpaired) electrons. The molecule has 2 nitrogen and oxygen atoms in total. The summed E-state index contributed by atoms with van der Waals surface area (Å²) >= 11 is 5.66. The highest BCUT2D eigenvalue weighted by Crippen LogP contribution is 2.39. The molecule has 1 aliphatic rings. The minimum absolute atomic E-state index is 0.0845. The number of nitrogens with two attached hydrogens (primary N) is 1. The third kappa shape index (κ3) is 3.21. The second-order valence-electron chi connectivity index (χ2n) is 6.02. The Morgan fingerprint density at radius 1 is 1.45 bits per heavy atom. The smallest absolute Gasteiger partial charge is 0.144 e. The average Bonchev–Trinajstić information content (AvgIpc) is 2.44. The number of rotatable bonds is 4. The molecule has 1 aliphatic carbocycles. The van der Waals surface area contributed by atoms with Crippen LogP contribution in [0.4, 0.5) is 4.39 Å². The van der Waals surface area contributed by atoms with E-state index < -0.39 is 11.2 Å². The van der Waals surface area contributed by atoms with Crippen LogP contribution in [0.15, 0.2) is 18.2 Å². The van der Waals surface area contributed by atoms with Gasteiger partial charge in [-0.15, -0.1) is 0 Å². The second-order valence-corrected chi connectivity index (χ2v) is 6.42. The molecule has 1 aromatic carbocycles. The highest BCUT2D eigenvalue weighted by Gasteiger charge is 2.39. The van der Waals surface area contributed by atoms with Crippen molar-refractivity contribution in [3.63, 3.8) is 0 Å². The molecule has 2 N–H and O–H groups in total. The highest BCUT2D eigenvalue weighted by molar-refractivity contribution is 6.30. The van der Waals surface area contributed by atoms with E-state index in [1.165, 1.54) is 12.1 Å². The molecule has 0 aliphatic heterocycles. The zero-order chi connectivity index (χ0) is 14.8. The van der Waals surface area contributed by atoms with Crippen molar-refractivity contribution >= 4 is 17.4 Å². The van der Waals surface area contributed by atoms with Gasteiger partial charge in [-0.3, -0.25) is 4.79 Å². The zero-order valence-electron chi connectivity index (χ0n) is 11.8. The third-order valence-electron chi connectivity index (χ3n) is 4.56. The molecule has 0 bridgehead atoms. The fourth-order valence-electron chi connectivity index (χ4n) is 2.93. The Morgan fingerprint density at radius 3 is 2.65 bits per heavy atom. The summed E-state index contributed by atoms with van der Waals surface area (Å²) in [4.78, 5) is 12.6. The van der Waals surface area contributed by atoms with Gasteiger partial charge in [-0.25, -0.2) is 4.39 Å². The number of carbonyl (C=O) groups is 1. The normalized spacial score (nSPS) is 26.5. The van der Waals surface area contributed by atoms with E-state index in [1.54, 1.807) is 6.07 Å². The number of Topliss-reactive ketones (excluding diaryl/α,β-unsaturated/α-hetero) is 1. The van der Waals surface area contributed by atoms with E-state index in [2.05, 4.69) is 6.92 Å². The molecule has 110 valence electrons. The lowest BCUT2D eigenvalue weighted by molar-refractivity contribution is -0.129. The lowest BCUT2D eigenvalue weighted by Crippen LogP contribution is -2.42. The van der Waals surface area contributed by atoms with Crippen molar-refractivity contribution < 1.29 is 9.18 Å². The van der Waals surface area contributed by atoms with Gasteiger partial charge in [-0.1, -0.05) is 24.6 Å². The van der Waals surface area contributed by atoms with Crippen LogP contribution in [0.3, 0.4) is 0 Å². The van der Waals surface area contributed by atoms with Crippen LogP contribution in [0.25, 0.3) is 0 Å². The van der Waals surface area contributed by atoms with Gasteiger partial charge in [0.05, 0.1) is 5.02 Å². The van der Waals surface area contributed by atoms with Crippen molar-refractivity contribution in [1.82, 2.24) is 0 Å². The minimum atomic E-state index is -0.476. The Bertz CT molecular complexity index is 495. The summed E-state index contributed by atoms with van der Waals surface area (Å²) in [7, 11) is 0. The SMILES string of the molecule is CC1CCC(CN)(C(=O)Cc2ccc(Cl)c(F)c2)CC1. The van der Waals surface area contributed by atoms with E-state index >= 15 is 0 Å². The molecular weight excluding hydrogens is 277 g/mol. The van der Waals surface area contributed by atoms with E-state index in [1.807, 2.05) is 0 Å². The predicted molar refractivity (Wildman–Crippen MR) is 79.2 cm³/mol. The summed E-state index contributed by atoms with van der Waals surface area (Å²) in [5.74, 6) is 0.320. The number of benzene rings is 1. The van der Waals surface area contributed by atoms with Crippen LogP contribution < -0.4 is 5.73 Å². The van der Waals surface area contributed by atoms with Crippen molar-refractivity contribution in [1.29, 1.82) is 0 Å². The van der Waals surface area contributed by atoms with Gasteiger partial charge in [0.2, 0.25) is 0 Å². The molecule has 0 spiro atoms. The zero-order valence-corrected chi connectivity index (χ0v) is 12.5. The van der Waals surface area contributed by atoms with Crippen molar-refractivity contribution in [2.45, 2.75) is 39.0 Å². The van der Waals surface area contributed by atoms with Crippen LogP contribution >= 0.6 is 11.6 Å². The Balaban J connectivity index is 2.11. The molecule has 0 heterocycles. The summed E-state index contributed by atoms with van der Waals surface area (Å²) in [6.07, 6.45) is 4.01. The third-order valence-corrected chi connectivity index (χ3v) is 4.87. The Morgan fingerprint density at radius 2 is 2.10 bits per heavy atom. The fraction of sp³-hybridized carbons (Fsp3) is 0.562. The molecule has 1 fully saturated rings. The second kappa shape index (κ2) is 6.23. The molecule has 0 aromatic heterocycles. The Labute approximate surface area is 124 Å². The summed E-state index contributed by atoms with van der Waals surface area (Å²) in [6.45, 7) is 2.59. The molecule has 2 rings (SSSR count). The van der Waals surface area contributed by atoms with E-state index in [9.17, 15) is 9.18 Å². The number of hydrogen-bond donors (Lipinski definition) is 1. The Kier molecular flexibility index (Phi) is 4.82. The largest absolute Gasteiger partial charge is 0.329 e. The first-order valence-electron chi connectivity index (χ1n) is 7.14. The van der Waals surface area contributed by atoms with Gasteiger partial charge < -0.3 is 5.73 Å². The fourth-order valence-corrected chi connectivity index (χ4v) is 3.05. The van der Waals surface area contributed by atoms with Gasteiger partial charge in [0, 0.05) is 18.4 Å². The monoisotopic (exact) mass is 297 g/mol. The van der Waals surface area contributed by atoms with Gasteiger partial charge in [-0.05, 0) is 49.3 Å². The standard InChI is InChI=1S/C16H21ClFNO/c1-11-4-6-16(10-19,7-5-11)15(20)9-12-2-3-13(17)14(18)8-12/h2-3,8,11H,4-7,9-10,19H2,1H3. The molecule has 0 unspecified atom stereocenters. The number of ketones is 1. The maximum absolute atomic E-state index is 13.4. The number of carbonyl (C=O) groups excluding carboxylic acids is 1. The lowest BCUT2D eigenvalue weighted by Gasteiger charge is -2.37. The van der Waals surface area contributed by atoms with Crippen LogP contribution in [0.5, 0.6) is 0 Å². The van der Waals surface area contributed by atoms with Crippen molar-refractivity contribution in [3.8, 4) is 0 Å². The molecule has 0 amide bonds. The molecular formula is C16H21ClFNO. The van der Waals surface area contributed by atoms with Crippen LogP contribution in [-0.2, 0) is 11.2 Å². The van der Waals surface area contributed by atoms with Crippen LogP contribution in [-0.4, -0.2) is 12.3 Å². The molecule has 1 aromatic rings. The van der Waals surface area contributed by atoms with E-state index in [0.29, 0.717) is 18.0 Å². The number of hydrogen-bond acceptors (Lipinski definition) is 2. The quantitative estimate of drug-likeness (QED) is 0.920. The summed E-state index contributed by atoms with van der Waals surface area (Å²) in [5, 5.41) is 0.0845. The topological polar surface area (TPSA) is 43.1 Å².